The number of hydrogen-bond acceptors (Lipinski definition) is 1. The van der Waals surface area contributed by atoms with Gasteiger partial charge in [-0.2, -0.15) is 0 Å². The van der Waals surface area contributed by atoms with Crippen molar-refractivity contribution in [1.82, 2.24) is 0 Å². The molecular formula is C15H21BrFN. The van der Waals surface area contributed by atoms with Gasteiger partial charge in [-0.3, -0.25) is 0 Å². The van der Waals surface area contributed by atoms with Crippen LogP contribution in [0.2, 0.25) is 0 Å². The maximum absolute atomic E-state index is 13.6. The van der Waals surface area contributed by atoms with Crippen molar-refractivity contribution in [2.24, 2.45) is 23.5 Å². The van der Waals surface area contributed by atoms with Crippen molar-refractivity contribution < 1.29 is 4.39 Å². The van der Waals surface area contributed by atoms with E-state index in [9.17, 15) is 4.39 Å². The standard InChI is InChI=1S/C15H21BrFN/c1-9-5-10(2)7-12(6-9)15(18)11-3-4-13(16)14(17)8-11/h3-4,8-10,12,15H,5-7,18H2,1-2H3. The van der Waals surface area contributed by atoms with Gasteiger partial charge in [0.05, 0.1) is 4.47 Å². The Labute approximate surface area is 117 Å². The maximum Gasteiger partial charge on any atom is 0.137 e. The Morgan fingerprint density at radius 3 is 2.39 bits per heavy atom. The average molecular weight is 314 g/mol. The lowest BCUT2D eigenvalue weighted by molar-refractivity contribution is 0.193. The van der Waals surface area contributed by atoms with Gasteiger partial charge in [-0.05, 0) is 70.6 Å². The van der Waals surface area contributed by atoms with Gasteiger partial charge in [0.1, 0.15) is 5.82 Å². The van der Waals surface area contributed by atoms with Crippen LogP contribution < -0.4 is 5.73 Å². The molecule has 2 N–H and O–H groups in total. The topological polar surface area (TPSA) is 26.0 Å². The molecule has 3 unspecified atom stereocenters. The van der Waals surface area contributed by atoms with E-state index in [1.807, 2.05) is 6.07 Å². The van der Waals surface area contributed by atoms with Gasteiger partial charge < -0.3 is 5.73 Å². The van der Waals surface area contributed by atoms with Crippen molar-refractivity contribution in [3.8, 4) is 0 Å². The van der Waals surface area contributed by atoms with Gasteiger partial charge in [-0.15, -0.1) is 0 Å². The summed E-state index contributed by atoms with van der Waals surface area (Å²) in [6, 6.07) is 5.21. The van der Waals surface area contributed by atoms with Crippen LogP contribution in [0.1, 0.15) is 44.7 Å². The Morgan fingerprint density at radius 2 is 1.83 bits per heavy atom. The van der Waals surface area contributed by atoms with Crippen LogP contribution in [0.5, 0.6) is 0 Å². The minimum absolute atomic E-state index is 0.0437. The Kier molecular flexibility index (Phi) is 4.44. The molecule has 3 atom stereocenters. The van der Waals surface area contributed by atoms with Crippen LogP contribution in [-0.2, 0) is 0 Å². The second-order valence-corrected chi connectivity index (χ2v) is 6.73. The van der Waals surface area contributed by atoms with Crippen LogP contribution in [0.25, 0.3) is 0 Å². The van der Waals surface area contributed by atoms with E-state index >= 15 is 0 Å². The summed E-state index contributed by atoms with van der Waals surface area (Å²) in [5.41, 5.74) is 7.25. The van der Waals surface area contributed by atoms with E-state index in [2.05, 4.69) is 29.8 Å². The summed E-state index contributed by atoms with van der Waals surface area (Å²) in [5.74, 6) is 1.71. The summed E-state index contributed by atoms with van der Waals surface area (Å²) in [4.78, 5) is 0. The summed E-state index contributed by atoms with van der Waals surface area (Å²) >= 11 is 3.18. The summed E-state index contributed by atoms with van der Waals surface area (Å²) in [6.45, 7) is 4.58. The SMILES string of the molecule is CC1CC(C)CC(C(N)c2ccc(Br)c(F)c2)C1. The second-order valence-electron chi connectivity index (χ2n) is 5.88. The molecule has 0 heterocycles. The summed E-state index contributed by atoms with van der Waals surface area (Å²) in [6.07, 6.45) is 3.60. The fourth-order valence-corrected chi connectivity index (χ4v) is 3.54. The first-order valence-electron chi connectivity index (χ1n) is 6.68. The van der Waals surface area contributed by atoms with Gasteiger partial charge in [0, 0.05) is 6.04 Å². The van der Waals surface area contributed by atoms with Gasteiger partial charge in [0.15, 0.2) is 0 Å². The van der Waals surface area contributed by atoms with Gasteiger partial charge in [-0.1, -0.05) is 19.9 Å². The van der Waals surface area contributed by atoms with Gasteiger partial charge in [-0.25, -0.2) is 4.39 Å². The maximum atomic E-state index is 13.6. The van der Waals surface area contributed by atoms with Crippen molar-refractivity contribution in [3.05, 3.63) is 34.1 Å². The molecule has 0 spiro atoms. The van der Waals surface area contributed by atoms with E-state index in [0.29, 0.717) is 10.4 Å². The highest BCUT2D eigenvalue weighted by atomic mass is 79.9. The third-order valence-electron chi connectivity index (χ3n) is 4.05. The first kappa shape index (κ1) is 14.0. The second kappa shape index (κ2) is 5.70. The van der Waals surface area contributed by atoms with Crippen LogP contribution in [0.4, 0.5) is 4.39 Å². The molecule has 2 rings (SSSR count). The lowest BCUT2D eigenvalue weighted by atomic mass is 9.72. The van der Waals surface area contributed by atoms with Crippen LogP contribution >= 0.6 is 15.9 Å². The molecule has 1 aromatic rings. The van der Waals surface area contributed by atoms with E-state index in [-0.39, 0.29) is 11.9 Å². The molecule has 0 aliphatic heterocycles. The predicted octanol–water partition coefficient (Wildman–Crippen LogP) is 4.66. The molecule has 0 saturated heterocycles. The Hall–Kier alpha value is -0.410. The van der Waals surface area contributed by atoms with E-state index in [4.69, 9.17) is 5.73 Å². The minimum atomic E-state index is -0.222. The molecule has 0 amide bonds. The fraction of sp³-hybridized carbons (Fsp3) is 0.600. The number of nitrogens with two attached hydrogens (primary N) is 1. The average Bonchev–Trinajstić information content (AvgIpc) is 2.30. The predicted molar refractivity (Wildman–Crippen MR) is 76.7 cm³/mol. The van der Waals surface area contributed by atoms with Gasteiger partial charge in [0.25, 0.3) is 0 Å². The zero-order valence-corrected chi connectivity index (χ0v) is 12.6. The van der Waals surface area contributed by atoms with Crippen molar-refractivity contribution in [2.45, 2.75) is 39.2 Å². The molecule has 0 radical (unpaired) electrons. The smallest absolute Gasteiger partial charge is 0.137 e. The Morgan fingerprint density at radius 1 is 1.22 bits per heavy atom. The van der Waals surface area contributed by atoms with Crippen molar-refractivity contribution in [1.29, 1.82) is 0 Å². The highest BCUT2D eigenvalue weighted by Gasteiger charge is 2.29. The van der Waals surface area contributed by atoms with Gasteiger partial charge >= 0.3 is 0 Å². The zero-order chi connectivity index (χ0) is 13.3. The number of rotatable bonds is 2. The molecule has 3 heteroatoms. The third kappa shape index (κ3) is 3.12. The summed E-state index contributed by atoms with van der Waals surface area (Å²) < 4.78 is 14.1. The number of hydrogen-bond donors (Lipinski definition) is 1. The molecule has 1 aliphatic rings. The molecule has 1 aromatic carbocycles. The first-order chi connectivity index (χ1) is 8.47. The van der Waals surface area contributed by atoms with Crippen LogP contribution in [0.3, 0.4) is 0 Å². The zero-order valence-electron chi connectivity index (χ0n) is 11.0. The third-order valence-corrected chi connectivity index (χ3v) is 4.69. The minimum Gasteiger partial charge on any atom is -0.324 e. The van der Waals surface area contributed by atoms with E-state index < -0.39 is 0 Å². The van der Waals surface area contributed by atoms with Crippen LogP contribution in [-0.4, -0.2) is 0 Å². The monoisotopic (exact) mass is 313 g/mol. The lowest BCUT2D eigenvalue weighted by Gasteiger charge is -2.35. The highest BCUT2D eigenvalue weighted by Crippen LogP contribution is 2.39. The molecule has 1 fully saturated rings. The molecule has 0 bridgehead atoms. The molecule has 0 aromatic heterocycles. The first-order valence-corrected chi connectivity index (χ1v) is 7.47. The number of halogens is 2. The van der Waals surface area contributed by atoms with Gasteiger partial charge in [0.2, 0.25) is 0 Å². The molecule has 1 nitrogen and oxygen atoms in total. The van der Waals surface area contributed by atoms with Crippen LogP contribution in [0.15, 0.2) is 22.7 Å². The Balaban J connectivity index is 2.14. The van der Waals surface area contributed by atoms with Crippen molar-refractivity contribution >= 4 is 15.9 Å². The van der Waals surface area contributed by atoms with Crippen molar-refractivity contribution in [3.63, 3.8) is 0 Å². The number of benzene rings is 1. The summed E-state index contributed by atoms with van der Waals surface area (Å²) in [5, 5.41) is 0. The Bertz CT molecular complexity index is 411. The quantitative estimate of drug-likeness (QED) is 0.844. The van der Waals surface area contributed by atoms with Crippen LogP contribution in [0, 0.1) is 23.6 Å². The normalized spacial score (nSPS) is 30.2. The van der Waals surface area contributed by atoms with Crippen molar-refractivity contribution in [2.75, 3.05) is 0 Å². The van der Waals surface area contributed by atoms with E-state index in [1.165, 1.54) is 6.42 Å². The molecular weight excluding hydrogens is 293 g/mol. The molecule has 1 aliphatic carbocycles. The molecule has 100 valence electrons. The molecule has 1 saturated carbocycles. The summed E-state index contributed by atoms with van der Waals surface area (Å²) in [7, 11) is 0. The highest BCUT2D eigenvalue weighted by molar-refractivity contribution is 9.10. The van der Waals surface area contributed by atoms with E-state index in [0.717, 1.165) is 30.2 Å². The fourth-order valence-electron chi connectivity index (χ4n) is 3.29. The van der Waals surface area contributed by atoms with E-state index in [1.54, 1.807) is 12.1 Å². The lowest BCUT2D eigenvalue weighted by Crippen LogP contribution is -2.29. The molecule has 18 heavy (non-hydrogen) atoms. The largest absolute Gasteiger partial charge is 0.324 e.